The summed E-state index contributed by atoms with van der Waals surface area (Å²) in [4.78, 5) is 0. The predicted molar refractivity (Wildman–Crippen MR) is 61.9 cm³/mol. The van der Waals surface area contributed by atoms with Crippen molar-refractivity contribution in [3.8, 4) is 5.75 Å². The van der Waals surface area contributed by atoms with Crippen LogP contribution >= 0.6 is 0 Å². The van der Waals surface area contributed by atoms with Crippen LogP contribution in [0.5, 0.6) is 5.75 Å². The van der Waals surface area contributed by atoms with Gasteiger partial charge in [0.15, 0.2) is 0 Å². The second kappa shape index (κ2) is 5.30. The molecule has 2 atom stereocenters. The number of rotatable bonds is 4. The third-order valence-electron chi connectivity index (χ3n) is 3.06. The number of ether oxygens (including phenoxy) is 1. The Hall–Kier alpha value is -1.09. The highest BCUT2D eigenvalue weighted by atomic mass is 19.1. The second-order valence-corrected chi connectivity index (χ2v) is 4.43. The lowest BCUT2D eigenvalue weighted by atomic mass is 9.88. The smallest absolute Gasteiger partial charge is 0.124 e. The fourth-order valence-electron chi connectivity index (χ4n) is 1.58. The Balaban J connectivity index is 3.05. The topological polar surface area (TPSA) is 29.5 Å². The largest absolute Gasteiger partial charge is 0.496 e. The van der Waals surface area contributed by atoms with Gasteiger partial charge in [-0.1, -0.05) is 20.8 Å². The summed E-state index contributed by atoms with van der Waals surface area (Å²) in [6.45, 7) is 6.00. The first-order chi connectivity index (χ1) is 7.47. The van der Waals surface area contributed by atoms with E-state index in [1.165, 1.54) is 19.2 Å². The van der Waals surface area contributed by atoms with Crippen molar-refractivity contribution >= 4 is 0 Å². The van der Waals surface area contributed by atoms with Crippen molar-refractivity contribution in [1.82, 2.24) is 0 Å². The number of methoxy groups -OCH3 is 1. The molecule has 2 nitrogen and oxygen atoms in total. The molecule has 0 saturated carbocycles. The number of benzene rings is 1. The van der Waals surface area contributed by atoms with Gasteiger partial charge in [-0.15, -0.1) is 0 Å². The van der Waals surface area contributed by atoms with Gasteiger partial charge in [-0.2, -0.15) is 0 Å². The monoisotopic (exact) mass is 226 g/mol. The maximum Gasteiger partial charge on any atom is 0.124 e. The van der Waals surface area contributed by atoms with Crippen LogP contribution in [0.4, 0.5) is 4.39 Å². The van der Waals surface area contributed by atoms with E-state index in [9.17, 15) is 9.50 Å². The van der Waals surface area contributed by atoms with Crippen molar-refractivity contribution in [2.45, 2.75) is 26.9 Å². The van der Waals surface area contributed by atoms with Crippen LogP contribution in [0, 0.1) is 17.7 Å². The quantitative estimate of drug-likeness (QED) is 0.854. The Morgan fingerprint density at radius 1 is 1.25 bits per heavy atom. The predicted octanol–water partition coefficient (Wildman–Crippen LogP) is 3.16. The molecule has 1 aromatic rings. The number of aliphatic hydroxyl groups excluding tert-OH is 1. The Morgan fingerprint density at radius 3 is 2.38 bits per heavy atom. The summed E-state index contributed by atoms with van der Waals surface area (Å²) in [5.41, 5.74) is 0.517. The number of hydrogen-bond acceptors (Lipinski definition) is 2. The molecule has 0 bridgehead atoms. The Bertz CT molecular complexity index is 350. The zero-order valence-corrected chi connectivity index (χ0v) is 10.2. The zero-order chi connectivity index (χ0) is 12.3. The molecule has 90 valence electrons. The van der Waals surface area contributed by atoms with Crippen molar-refractivity contribution in [1.29, 1.82) is 0 Å². The summed E-state index contributed by atoms with van der Waals surface area (Å²) < 4.78 is 18.3. The number of hydrogen-bond donors (Lipinski definition) is 1. The maximum atomic E-state index is 13.1. The highest BCUT2D eigenvalue weighted by Gasteiger charge is 2.22. The Morgan fingerprint density at radius 2 is 1.88 bits per heavy atom. The third kappa shape index (κ3) is 2.73. The van der Waals surface area contributed by atoms with E-state index in [1.54, 1.807) is 6.07 Å². The lowest BCUT2D eigenvalue weighted by molar-refractivity contribution is 0.0892. The lowest BCUT2D eigenvalue weighted by Gasteiger charge is -2.24. The molecule has 16 heavy (non-hydrogen) atoms. The molecule has 1 N–H and O–H groups in total. The van der Waals surface area contributed by atoms with Gasteiger partial charge in [-0.25, -0.2) is 4.39 Å². The van der Waals surface area contributed by atoms with Crippen molar-refractivity contribution in [3.05, 3.63) is 29.6 Å². The number of halogens is 1. The summed E-state index contributed by atoms with van der Waals surface area (Å²) >= 11 is 0. The van der Waals surface area contributed by atoms with Crippen LogP contribution in [-0.2, 0) is 0 Å². The molecule has 0 heterocycles. The van der Waals surface area contributed by atoms with Gasteiger partial charge in [-0.05, 0) is 30.0 Å². The van der Waals surface area contributed by atoms with E-state index >= 15 is 0 Å². The SMILES string of the molecule is COc1ccc(F)cc1C(O)C(C)C(C)C. The molecule has 3 heteroatoms. The summed E-state index contributed by atoms with van der Waals surface area (Å²) in [7, 11) is 1.52. The fraction of sp³-hybridized carbons (Fsp3) is 0.538. The summed E-state index contributed by atoms with van der Waals surface area (Å²) in [6, 6.07) is 4.21. The zero-order valence-electron chi connectivity index (χ0n) is 10.2. The molecule has 0 spiro atoms. The van der Waals surface area contributed by atoms with Crippen molar-refractivity contribution in [3.63, 3.8) is 0 Å². The molecule has 0 amide bonds. The van der Waals surface area contributed by atoms with Gasteiger partial charge in [0.25, 0.3) is 0 Å². The summed E-state index contributed by atoms with van der Waals surface area (Å²) in [5, 5.41) is 10.1. The highest BCUT2D eigenvalue weighted by molar-refractivity contribution is 5.36. The molecule has 0 saturated heterocycles. The molecule has 0 radical (unpaired) electrons. The molecule has 0 fully saturated rings. The van der Waals surface area contributed by atoms with Crippen LogP contribution in [0.1, 0.15) is 32.4 Å². The van der Waals surface area contributed by atoms with Crippen LogP contribution < -0.4 is 4.74 Å². The van der Waals surface area contributed by atoms with E-state index in [1.807, 2.05) is 20.8 Å². The van der Waals surface area contributed by atoms with Crippen LogP contribution in [0.3, 0.4) is 0 Å². The first-order valence-electron chi connectivity index (χ1n) is 5.48. The molecule has 0 aliphatic heterocycles. The molecule has 1 aromatic carbocycles. The van der Waals surface area contributed by atoms with Gasteiger partial charge in [0, 0.05) is 5.56 Å². The van der Waals surface area contributed by atoms with E-state index in [0.717, 1.165) is 0 Å². The Labute approximate surface area is 96.1 Å². The molecule has 1 rings (SSSR count). The highest BCUT2D eigenvalue weighted by Crippen LogP contribution is 2.33. The van der Waals surface area contributed by atoms with Crippen LogP contribution in [0.2, 0.25) is 0 Å². The average Bonchev–Trinajstić information content (AvgIpc) is 2.26. The van der Waals surface area contributed by atoms with Gasteiger partial charge in [0.05, 0.1) is 13.2 Å². The van der Waals surface area contributed by atoms with Gasteiger partial charge >= 0.3 is 0 Å². The Kier molecular flexibility index (Phi) is 4.30. The molecule has 0 aromatic heterocycles. The maximum absolute atomic E-state index is 13.1. The molecule has 0 aliphatic carbocycles. The minimum atomic E-state index is -0.703. The molecule has 0 aliphatic rings. The first-order valence-corrected chi connectivity index (χ1v) is 5.48. The van der Waals surface area contributed by atoms with Gasteiger partial charge in [-0.3, -0.25) is 0 Å². The van der Waals surface area contributed by atoms with E-state index in [2.05, 4.69) is 0 Å². The summed E-state index contributed by atoms with van der Waals surface area (Å²) in [5.74, 6) is 0.547. The third-order valence-corrected chi connectivity index (χ3v) is 3.06. The average molecular weight is 226 g/mol. The van der Waals surface area contributed by atoms with Crippen molar-refractivity contribution in [2.75, 3.05) is 7.11 Å². The standard InChI is InChI=1S/C13H19FO2/c1-8(2)9(3)13(15)11-7-10(14)5-6-12(11)16-4/h5-9,13,15H,1-4H3. The minimum absolute atomic E-state index is 0.0516. The van der Waals surface area contributed by atoms with E-state index in [0.29, 0.717) is 17.2 Å². The van der Waals surface area contributed by atoms with E-state index in [-0.39, 0.29) is 11.7 Å². The number of aliphatic hydroxyl groups is 1. The van der Waals surface area contributed by atoms with Crippen LogP contribution in [-0.4, -0.2) is 12.2 Å². The van der Waals surface area contributed by atoms with Crippen molar-refractivity contribution < 1.29 is 14.2 Å². The van der Waals surface area contributed by atoms with Crippen molar-refractivity contribution in [2.24, 2.45) is 11.8 Å². The van der Waals surface area contributed by atoms with Crippen LogP contribution in [0.15, 0.2) is 18.2 Å². The minimum Gasteiger partial charge on any atom is -0.496 e. The fourth-order valence-corrected chi connectivity index (χ4v) is 1.58. The van der Waals surface area contributed by atoms with Crippen LogP contribution in [0.25, 0.3) is 0 Å². The lowest BCUT2D eigenvalue weighted by Crippen LogP contribution is -2.15. The van der Waals surface area contributed by atoms with E-state index < -0.39 is 6.10 Å². The normalized spacial score (nSPS) is 14.9. The summed E-state index contributed by atoms with van der Waals surface area (Å²) in [6.07, 6.45) is -0.703. The molecule has 2 unspecified atom stereocenters. The van der Waals surface area contributed by atoms with Gasteiger partial charge < -0.3 is 9.84 Å². The van der Waals surface area contributed by atoms with Gasteiger partial charge in [0.1, 0.15) is 11.6 Å². The molecular formula is C13H19FO2. The molecular weight excluding hydrogens is 207 g/mol. The van der Waals surface area contributed by atoms with E-state index in [4.69, 9.17) is 4.74 Å². The first kappa shape index (κ1) is 13.0. The second-order valence-electron chi connectivity index (χ2n) is 4.43. The van der Waals surface area contributed by atoms with Gasteiger partial charge in [0.2, 0.25) is 0 Å².